The zero-order valence-electron chi connectivity index (χ0n) is 15.8. The second-order valence-corrected chi connectivity index (χ2v) is 6.87. The van der Waals surface area contributed by atoms with E-state index in [0.717, 1.165) is 22.3 Å². The van der Waals surface area contributed by atoms with Crippen LogP contribution in [0.1, 0.15) is 25.0 Å². The van der Waals surface area contributed by atoms with Crippen LogP contribution in [0.25, 0.3) is 22.8 Å². The molecule has 0 unspecified atom stereocenters. The lowest BCUT2D eigenvalue weighted by atomic mass is 10.1. The van der Waals surface area contributed by atoms with Crippen molar-refractivity contribution in [1.82, 2.24) is 15.0 Å². The van der Waals surface area contributed by atoms with Crippen molar-refractivity contribution in [2.75, 3.05) is 7.05 Å². The first-order valence-corrected chi connectivity index (χ1v) is 8.95. The average Bonchev–Trinajstić information content (AvgIpc) is 3.18. The van der Waals surface area contributed by atoms with Gasteiger partial charge in [0, 0.05) is 37.2 Å². The van der Waals surface area contributed by atoms with Crippen LogP contribution in [0.3, 0.4) is 0 Å². The molecule has 0 aliphatic carbocycles. The summed E-state index contributed by atoms with van der Waals surface area (Å²) in [5.74, 6) is 1.12. The summed E-state index contributed by atoms with van der Waals surface area (Å²) in [6.45, 7) is 4.87. The fourth-order valence-electron chi connectivity index (χ4n) is 2.79. The summed E-state index contributed by atoms with van der Waals surface area (Å²) in [5, 5.41) is 4.06. The molecule has 1 aromatic heterocycles. The molecule has 3 aromatic rings. The number of nitrogens with two attached hydrogens (primary N) is 1. The number of carbonyl (C=O) groups excluding carboxylic acids is 1. The van der Waals surface area contributed by atoms with Crippen LogP contribution < -0.4 is 5.73 Å². The molecule has 6 heteroatoms. The van der Waals surface area contributed by atoms with E-state index in [-0.39, 0.29) is 11.8 Å². The fourth-order valence-corrected chi connectivity index (χ4v) is 2.79. The molecule has 3 rings (SSSR count). The minimum atomic E-state index is -0.00925. The highest BCUT2D eigenvalue weighted by molar-refractivity contribution is 5.77. The van der Waals surface area contributed by atoms with Crippen LogP contribution in [0.2, 0.25) is 0 Å². The molecule has 0 fully saturated rings. The minimum absolute atomic E-state index is 0.00925. The van der Waals surface area contributed by atoms with Crippen LogP contribution in [-0.4, -0.2) is 28.0 Å². The third-order valence-corrected chi connectivity index (χ3v) is 4.36. The number of hydrogen-bond acceptors (Lipinski definition) is 5. The zero-order chi connectivity index (χ0) is 19.4. The molecule has 0 saturated carbocycles. The van der Waals surface area contributed by atoms with E-state index in [1.165, 1.54) is 0 Å². The lowest BCUT2D eigenvalue weighted by molar-refractivity contribution is -0.133. The Balaban J connectivity index is 1.72. The Kier molecular flexibility index (Phi) is 5.66. The lowest BCUT2D eigenvalue weighted by Gasteiger charge is -2.19. The number of carbonyl (C=O) groups is 1. The summed E-state index contributed by atoms with van der Waals surface area (Å²) in [7, 11) is 1.82. The predicted octanol–water partition coefficient (Wildman–Crippen LogP) is 3.48. The first-order chi connectivity index (χ1) is 13.0. The van der Waals surface area contributed by atoms with Crippen LogP contribution in [0.15, 0.2) is 53.1 Å². The Morgan fingerprint density at radius 3 is 2.22 bits per heavy atom. The average molecular weight is 364 g/mol. The maximum Gasteiger partial charge on any atom is 0.258 e. The minimum Gasteiger partial charge on any atom is -0.341 e. The molecule has 0 aliphatic rings. The molecule has 0 radical (unpaired) electrons. The molecule has 0 atom stereocenters. The highest BCUT2D eigenvalue weighted by atomic mass is 16.5. The molecule has 1 amide bonds. The van der Waals surface area contributed by atoms with E-state index in [0.29, 0.717) is 24.8 Å². The zero-order valence-corrected chi connectivity index (χ0v) is 15.8. The lowest BCUT2D eigenvalue weighted by Crippen LogP contribution is -2.29. The van der Waals surface area contributed by atoms with E-state index in [9.17, 15) is 4.79 Å². The second kappa shape index (κ2) is 8.14. The van der Waals surface area contributed by atoms with E-state index < -0.39 is 0 Å². The molecule has 2 aromatic carbocycles. The third kappa shape index (κ3) is 4.41. The summed E-state index contributed by atoms with van der Waals surface area (Å²) in [5.41, 5.74) is 9.45. The van der Waals surface area contributed by atoms with Crippen molar-refractivity contribution in [1.29, 1.82) is 0 Å². The van der Waals surface area contributed by atoms with Crippen molar-refractivity contribution in [3.05, 3.63) is 59.7 Å². The molecular weight excluding hydrogens is 340 g/mol. The van der Waals surface area contributed by atoms with Crippen LogP contribution in [-0.2, 0) is 17.9 Å². The van der Waals surface area contributed by atoms with Gasteiger partial charge in [-0.15, -0.1) is 0 Å². The van der Waals surface area contributed by atoms with Gasteiger partial charge in [0.1, 0.15) is 0 Å². The highest BCUT2D eigenvalue weighted by Crippen LogP contribution is 2.23. The Hall–Kier alpha value is -2.99. The first-order valence-electron chi connectivity index (χ1n) is 8.95. The maximum atomic E-state index is 12.0. The topological polar surface area (TPSA) is 85.2 Å². The molecule has 1 heterocycles. The molecule has 0 saturated heterocycles. The number of aromatic nitrogens is 2. The summed E-state index contributed by atoms with van der Waals surface area (Å²) in [4.78, 5) is 18.2. The Bertz CT molecular complexity index is 899. The summed E-state index contributed by atoms with van der Waals surface area (Å²) < 4.78 is 5.40. The number of nitrogens with zero attached hydrogens (tertiary/aromatic N) is 3. The molecule has 6 nitrogen and oxygen atoms in total. The second-order valence-electron chi connectivity index (χ2n) is 6.87. The van der Waals surface area contributed by atoms with Gasteiger partial charge < -0.3 is 15.2 Å². The maximum absolute atomic E-state index is 12.0. The molecule has 0 spiro atoms. The molecular formula is C21H24N4O2. The van der Waals surface area contributed by atoms with Crippen molar-refractivity contribution in [3.63, 3.8) is 0 Å². The summed E-state index contributed by atoms with van der Waals surface area (Å²) in [6.07, 6.45) is 0. The first kappa shape index (κ1) is 18.8. The van der Waals surface area contributed by atoms with Gasteiger partial charge in [-0.2, -0.15) is 4.98 Å². The van der Waals surface area contributed by atoms with Crippen molar-refractivity contribution in [3.8, 4) is 22.8 Å². The largest absolute Gasteiger partial charge is 0.341 e. The van der Waals surface area contributed by atoms with Gasteiger partial charge in [-0.25, -0.2) is 0 Å². The van der Waals surface area contributed by atoms with E-state index >= 15 is 0 Å². The van der Waals surface area contributed by atoms with Crippen molar-refractivity contribution in [2.24, 2.45) is 11.7 Å². The van der Waals surface area contributed by atoms with Gasteiger partial charge in [0.2, 0.25) is 11.7 Å². The summed E-state index contributed by atoms with van der Waals surface area (Å²) in [6, 6.07) is 15.6. The van der Waals surface area contributed by atoms with Gasteiger partial charge in [-0.05, 0) is 23.3 Å². The van der Waals surface area contributed by atoms with E-state index in [4.69, 9.17) is 10.3 Å². The van der Waals surface area contributed by atoms with Crippen LogP contribution in [0.5, 0.6) is 0 Å². The van der Waals surface area contributed by atoms with Crippen molar-refractivity contribution >= 4 is 5.91 Å². The van der Waals surface area contributed by atoms with Gasteiger partial charge >= 0.3 is 0 Å². The Morgan fingerprint density at radius 2 is 1.63 bits per heavy atom. The van der Waals surface area contributed by atoms with Gasteiger partial charge in [0.15, 0.2) is 0 Å². The molecule has 0 aliphatic heterocycles. The fraction of sp³-hybridized carbons (Fsp3) is 0.286. The van der Waals surface area contributed by atoms with Crippen molar-refractivity contribution < 1.29 is 9.32 Å². The molecule has 140 valence electrons. The van der Waals surface area contributed by atoms with Crippen molar-refractivity contribution in [2.45, 2.75) is 26.9 Å². The standard InChI is InChI=1S/C21H24N4O2/c1-14(2)21(26)25(3)13-16-6-10-18(11-7-16)20-23-19(24-27-20)17-8-4-15(12-22)5-9-17/h4-11,14H,12-13,22H2,1-3H3. The van der Waals surface area contributed by atoms with Gasteiger partial charge in [-0.1, -0.05) is 55.4 Å². The third-order valence-electron chi connectivity index (χ3n) is 4.36. The number of amides is 1. The normalized spacial score (nSPS) is 11.0. The molecule has 0 bridgehead atoms. The number of hydrogen-bond donors (Lipinski definition) is 1. The number of benzene rings is 2. The van der Waals surface area contributed by atoms with Crippen LogP contribution in [0, 0.1) is 5.92 Å². The van der Waals surface area contributed by atoms with E-state index in [2.05, 4.69) is 10.1 Å². The predicted molar refractivity (Wildman–Crippen MR) is 104 cm³/mol. The smallest absolute Gasteiger partial charge is 0.258 e. The SMILES string of the molecule is CC(C)C(=O)N(C)Cc1ccc(-c2nc(-c3ccc(CN)cc3)no2)cc1. The highest BCUT2D eigenvalue weighted by Gasteiger charge is 2.14. The van der Waals surface area contributed by atoms with E-state index in [1.807, 2.05) is 69.4 Å². The molecule has 27 heavy (non-hydrogen) atoms. The quantitative estimate of drug-likeness (QED) is 0.724. The molecule has 2 N–H and O–H groups in total. The van der Waals surface area contributed by atoms with Gasteiger partial charge in [-0.3, -0.25) is 4.79 Å². The summed E-state index contributed by atoms with van der Waals surface area (Å²) >= 11 is 0. The van der Waals surface area contributed by atoms with Crippen LogP contribution in [0.4, 0.5) is 0 Å². The van der Waals surface area contributed by atoms with Gasteiger partial charge in [0.25, 0.3) is 5.89 Å². The monoisotopic (exact) mass is 364 g/mol. The number of rotatable bonds is 6. The van der Waals surface area contributed by atoms with Gasteiger partial charge in [0.05, 0.1) is 0 Å². The Labute approximate surface area is 159 Å². The van der Waals surface area contributed by atoms with Crippen LogP contribution >= 0.6 is 0 Å². The Morgan fingerprint density at radius 1 is 1.04 bits per heavy atom. The van der Waals surface area contributed by atoms with E-state index in [1.54, 1.807) is 4.90 Å².